The van der Waals surface area contributed by atoms with Gasteiger partial charge in [-0.15, -0.1) is 0 Å². The molecule has 4 aromatic carbocycles. The predicted molar refractivity (Wildman–Crippen MR) is 182 cm³/mol. The molecular weight excluding hydrogens is 641 g/mol. The van der Waals surface area contributed by atoms with Crippen LogP contribution in [0.3, 0.4) is 0 Å². The van der Waals surface area contributed by atoms with Crippen molar-refractivity contribution in [3.05, 3.63) is 134 Å². The maximum Gasteiger partial charge on any atom is 0.252 e. The molecule has 0 spiro atoms. The standard InChI is InChI=1S/C35H33Cl2N5O5/c1-45-27-12-7-23(8-13-27)17-18-39-34(44)35(22-25-5-2-3-6-31(25)41-42-38)32(29-16-11-26(36)21-30(29)37)47-33(40-35)24-9-14-28(15-10-24)46-20-4-19-43/h2-3,5-16,21,32,43H,4,17-20,22H2,1H3,(H,39,44)/t32-,35-/m1/s1. The Morgan fingerprint density at radius 2 is 1.81 bits per heavy atom. The molecule has 1 aliphatic rings. The van der Waals surface area contributed by atoms with Crippen molar-refractivity contribution in [3.8, 4) is 11.5 Å². The number of nitrogens with one attached hydrogen (secondary N) is 1. The minimum Gasteiger partial charge on any atom is -0.497 e. The fourth-order valence-corrected chi connectivity index (χ4v) is 5.84. The van der Waals surface area contributed by atoms with E-state index >= 15 is 0 Å². The van der Waals surface area contributed by atoms with E-state index in [-0.39, 0.29) is 18.9 Å². The summed E-state index contributed by atoms with van der Waals surface area (Å²) in [5, 5.41) is 16.8. The Morgan fingerprint density at radius 3 is 2.51 bits per heavy atom. The molecule has 0 saturated carbocycles. The average Bonchev–Trinajstić information content (AvgIpc) is 3.46. The summed E-state index contributed by atoms with van der Waals surface area (Å²) in [4.78, 5) is 22.6. The first kappa shape index (κ1) is 33.6. The topological polar surface area (TPSA) is 138 Å². The molecule has 0 radical (unpaired) electrons. The summed E-state index contributed by atoms with van der Waals surface area (Å²) in [6.45, 7) is 0.718. The Kier molecular flexibility index (Phi) is 11.2. The van der Waals surface area contributed by atoms with Crippen LogP contribution in [0.1, 0.15) is 34.8 Å². The third kappa shape index (κ3) is 7.99. The molecule has 1 heterocycles. The van der Waals surface area contributed by atoms with Gasteiger partial charge in [0.25, 0.3) is 5.91 Å². The van der Waals surface area contributed by atoms with Gasteiger partial charge >= 0.3 is 0 Å². The summed E-state index contributed by atoms with van der Waals surface area (Å²) in [6.07, 6.45) is 0.131. The van der Waals surface area contributed by atoms with Crippen molar-refractivity contribution in [1.29, 1.82) is 0 Å². The van der Waals surface area contributed by atoms with E-state index in [1.165, 1.54) is 0 Å². The van der Waals surface area contributed by atoms with Gasteiger partial charge in [-0.1, -0.05) is 70.8 Å². The second-order valence-corrected chi connectivity index (χ2v) is 11.6. The number of carbonyl (C=O) groups excluding carboxylic acids is 1. The van der Waals surface area contributed by atoms with Crippen LogP contribution in [0, 0.1) is 0 Å². The van der Waals surface area contributed by atoms with Gasteiger partial charge in [0.1, 0.15) is 11.5 Å². The molecule has 0 fully saturated rings. The van der Waals surface area contributed by atoms with Crippen LogP contribution in [0.25, 0.3) is 10.4 Å². The van der Waals surface area contributed by atoms with E-state index in [1.807, 2.05) is 24.3 Å². The number of azide groups is 1. The van der Waals surface area contributed by atoms with Crippen LogP contribution in [-0.4, -0.2) is 49.3 Å². The van der Waals surface area contributed by atoms with Crippen LogP contribution >= 0.6 is 23.2 Å². The fourth-order valence-electron chi connectivity index (χ4n) is 5.34. The molecular formula is C35H33Cl2N5O5. The third-order valence-electron chi connectivity index (χ3n) is 7.74. The van der Waals surface area contributed by atoms with Gasteiger partial charge in [0.2, 0.25) is 5.90 Å². The van der Waals surface area contributed by atoms with Crippen molar-refractivity contribution in [3.63, 3.8) is 0 Å². The molecule has 47 heavy (non-hydrogen) atoms. The van der Waals surface area contributed by atoms with E-state index in [9.17, 15) is 10.3 Å². The fraction of sp³-hybridized carbons (Fsp3) is 0.257. The van der Waals surface area contributed by atoms with Crippen LogP contribution in [0.15, 0.2) is 101 Å². The van der Waals surface area contributed by atoms with Crippen LogP contribution in [0.2, 0.25) is 10.0 Å². The molecule has 10 nitrogen and oxygen atoms in total. The summed E-state index contributed by atoms with van der Waals surface area (Å²) < 4.78 is 17.5. The minimum atomic E-state index is -1.57. The normalized spacial score (nSPS) is 16.9. The van der Waals surface area contributed by atoms with Crippen LogP contribution < -0.4 is 14.8 Å². The number of nitrogens with zero attached hydrogens (tertiary/aromatic N) is 4. The Bertz CT molecular complexity index is 1780. The molecule has 2 N–H and O–H groups in total. The Labute approximate surface area is 282 Å². The van der Waals surface area contributed by atoms with Gasteiger partial charge in [-0.3, -0.25) is 4.79 Å². The first-order valence-corrected chi connectivity index (χ1v) is 15.7. The summed E-state index contributed by atoms with van der Waals surface area (Å²) in [5.41, 5.74) is 10.8. The van der Waals surface area contributed by atoms with Gasteiger partial charge in [0.05, 0.1) is 13.7 Å². The number of carbonyl (C=O) groups is 1. The van der Waals surface area contributed by atoms with Crippen molar-refractivity contribution < 1.29 is 24.1 Å². The van der Waals surface area contributed by atoms with E-state index in [0.29, 0.717) is 64.2 Å². The zero-order chi connectivity index (χ0) is 33.2. The van der Waals surface area contributed by atoms with Gasteiger partial charge in [-0.25, -0.2) is 4.99 Å². The molecule has 242 valence electrons. The van der Waals surface area contributed by atoms with Crippen LogP contribution in [0.5, 0.6) is 11.5 Å². The average molecular weight is 675 g/mol. The quantitative estimate of drug-likeness (QED) is 0.0615. The zero-order valence-corrected chi connectivity index (χ0v) is 27.1. The number of aliphatic hydroxyl groups is 1. The van der Waals surface area contributed by atoms with Gasteiger partial charge in [0.15, 0.2) is 11.6 Å². The molecule has 1 amide bonds. The second kappa shape index (κ2) is 15.7. The zero-order valence-electron chi connectivity index (χ0n) is 25.6. The van der Waals surface area contributed by atoms with E-state index in [4.69, 9.17) is 47.5 Å². The Morgan fingerprint density at radius 1 is 1.06 bits per heavy atom. The molecule has 12 heteroatoms. The lowest BCUT2D eigenvalue weighted by Gasteiger charge is -2.31. The monoisotopic (exact) mass is 673 g/mol. The predicted octanol–water partition coefficient (Wildman–Crippen LogP) is 7.56. The number of aliphatic imine (C=N–C) groups is 1. The van der Waals surface area contributed by atoms with E-state index in [2.05, 4.69) is 15.3 Å². The Hall–Kier alpha value is -4.73. The number of rotatable bonds is 14. The lowest BCUT2D eigenvalue weighted by Crippen LogP contribution is -2.50. The molecule has 2 atom stereocenters. The number of hydrogen-bond acceptors (Lipinski definition) is 7. The smallest absolute Gasteiger partial charge is 0.252 e. The Balaban J connectivity index is 1.56. The van der Waals surface area contributed by atoms with Crippen LogP contribution in [-0.2, 0) is 22.4 Å². The van der Waals surface area contributed by atoms with E-state index < -0.39 is 17.6 Å². The number of aliphatic hydroxyl groups excluding tert-OH is 1. The number of hydrogen-bond donors (Lipinski definition) is 2. The highest BCUT2D eigenvalue weighted by Gasteiger charge is 2.54. The molecule has 0 bridgehead atoms. The second-order valence-electron chi connectivity index (χ2n) is 10.8. The SMILES string of the molecule is COc1ccc(CCNC(=O)[C@]2(Cc3ccccc3N=[N+]=[N-])N=C(c3ccc(OCCCO)cc3)O[C@@H]2c2ccc(Cl)cc2Cl)cc1. The minimum absolute atomic E-state index is 0.0322. The van der Waals surface area contributed by atoms with E-state index in [1.54, 1.807) is 73.8 Å². The lowest BCUT2D eigenvalue weighted by molar-refractivity contribution is -0.128. The molecule has 5 rings (SSSR count). The molecule has 0 aliphatic carbocycles. The summed E-state index contributed by atoms with van der Waals surface area (Å²) >= 11 is 13.0. The van der Waals surface area contributed by atoms with Crippen molar-refractivity contribution in [2.75, 3.05) is 26.9 Å². The maximum atomic E-state index is 14.5. The summed E-state index contributed by atoms with van der Waals surface area (Å²) in [5.74, 6) is 1.20. The van der Waals surface area contributed by atoms with Crippen molar-refractivity contribution in [1.82, 2.24) is 5.32 Å². The van der Waals surface area contributed by atoms with Gasteiger partial charge in [-0.05, 0) is 71.6 Å². The van der Waals surface area contributed by atoms with Crippen molar-refractivity contribution in [2.45, 2.75) is 30.9 Å². The highest BCUT2D eigenvalue weighted by atomic mass is 35.5. The van der Waals surface area contributed by atoms with Gasteiger partial charge < -0.3 is 24.6 Å². The van der Waals surface area contributed by atoms with Gasteiger partial charge in [0, 0.05) is 57.8 Å². The number of halogens is 2. The van der Waals surface area contributed by atoms with Crippen molar-refractivity contribution >= 4 is 40.7 Å². The lowest BCUT2D eigenvalue weighted by atomic mass is 9.81. The maximum absolute atomic E-state index is 14.5. The summed E-state index contributed by atoms with van der Waals surface area (Å²) in [7, 11) is 1.61. The molecule has 4 aromatic rings. The first-order chi connectivity index (χ1) is 22.9. The number of methoxy groups -OCH3 is 1. The summed E-state index contributed by atoms with van der Waals surface area (Å²) in [6, 6.07) is 26.8. The number of benzene rings is 4. The van der Waals surface area contributed by atoms with Crippen molar-refractivity contribution in [2.24, 2.45) is 10.1 Å². The highest BCUT2D eigenvalue weighted by molar-refractivity contribution is 6.35. The largest absolute Gasteiger partial charge is 0.497 e. The van der Waals surface area contributed by atoms with E-state index in [0.717, 1.165) is 11.3 Å². The highest BCUT2D eigenvalue weighted by Crippen LogP contribution is 2.46. The first-order valence-electron chi connectivity index (χ1n) is 15.0. The molecule has 0 saturated heterocycles. The van der Waals surface area contributed by atoms with Gasteiger partial charge in [-0.2, -0.15) is 0 Å². The number of ether oxygens (including phenoxy) is 3. The molecule has 0 aromatic heterocycles. The molecule has 1 aliphatic heterocycles. The third-order valence-corrected chi connectivity index (χ3v) is 8.30. The van der Waals surface area contributed by atoms with Crippen LogP contribution in [0.4, 0.5) is 5.69 Å². The molecule has 0 unspecified atom stereocenters. The number of amides is 1.